The van der Waals surface area contributed by atoms with Crippen LogP contribution in [0.15, 0.2) is 5.38 Å². The van der Waals surface area contributed by atoms with E-state index in [4.69, 9.17) is 10.4 Å². The molecule has 0 unspecified atom stereocenters. The predicted molar refractivity (Wildman–Crippen MR) is 61.6 cm³/mol. The van der Waals surface area contributed by atoms with E-state index >= 15 is 0 Å². The summed E-state index contributed by atoms with van der Waals surface area (Å²) in [4.78, 5) is 16.7. The summed E-state index contributed by atoms with van der Waals surface area (Å²) < 4.78 is 0. The number of hydrogen-bond acceptors (Lipinski definition) is 5. The van der Waals surface area contributed by atoms with Crippen molar-refractivity contribution in [3.8, 4) is 6.07 Å². The van der Waals surface area contributed by atoms with Gasteiger partial charge in [0, 0.05) is 18.5 Å². The van der Waals surface area contributed by atoms with Crippen molar-refractivity contribution in [2.45, 2.75) is 19.8 Å². The van der Waals surface area contributed by atoms with Crippen molar-refractivity contribution in [3.63, 3.8) is 0 Å². The van der Waals surface area contributed by atoms with Crippen LogP contribution in [0.5, 0.6) is 0 Å². The molecule has 0 saturated carbocycles. The summed E-state index contributed by atoms with van der Waals surface area (Å²) in [6.07, 6.45) is 0.397. The minimum atomic E-state index is -0.878. The van der Waals surface area contributed by atoms with E-state index in [-0.39, 0.29) is 6.42 Å². The molecule has 0 aliphatic heterocycles. The highest BCUT2D eigenvalue weighted by atomic mass is 32.1. The summed E-state index contributed by atoms with van der Waals surface area (Å²) in [5, 5.41) is 19.7. The maximum Gasteiger partial charge on any atom is 0.309 e. The van der Waals surface area contributed by atoms with Crippen LogP contribution in [0.4, 0.5) is 5.13 Å². The number of thiazole rings is 1. The third-order valence-electron chi connectivity index (χ3n) is 2.02. The van der Waals surface area contributed by atoms with E-state index in [1.807, 2.05) is 11.8 Å². The molecular formula is C10H13N3O2S. The van der Waals surface area contributed by atoms with E-state index in [9.17, 15) is 4.79 Å². The Kier molecular flexibility index (Phi) is 4.73. The number of anilines is 1. The minimum Gasteiger partial charge on any atom is -0.481 e. The lowest BCUT2D eigenvalue weighted by atomic mass is 10.3. The van der Waals surface area contributed by atoms with Gasteiger partial charge in [-0.25, -0.2) is 4.98 Å². The summed E-state index contributed by atoms with van der Waals surface area (Å²) in [7, 11) is 0. The molecule has 0 spiro atoms. The molecule has 0 saturated heterocycles. The fourth-order valence-electron chi connectivity index (χ4n) is 1.25. The molecule has 1 aromatic heterocycles. The fraction of sp³-hybridized carbons (Fsp3) is 0.500. The average molecular weight is 239 g/mol. The van der Waals surface area contributed by atoms with Crippen LogP contribution >= 0.6 is 11.3 Å². The fourth-order valence-corrected chi connectivity index (χ4v) is 2.17. The van der Waals surface area contributed by atoms with Gasteiger partial charge in [0.2, 0.25) is 0 Å². The predicted octanol–water partition coefficient (Wildman–Crippen LogP) is 1.51. The zero-order valence-corrected chi connectivity index (χ0v) is 9.83. The normalized spacial score (nSPS) is 9.75. The second kappa shape index (κ2) is 6.08. The average Bonchev–Trinajstić information content (AvgIpc) is 2.67. The molecule has 16 heavy (non-hydrogen) atoms. The summed E-state index contributed by atoms with van der Waals surface area (Å²) in [5.74, 6) is -0.878. The van der Waals surface area contributed by atoms with Crippen LogP contribution in [-0.4, -0.2) is 29.1 Å². The van der Waals surface area contributed by atoms with Gasteiger partial charge in [-0.1, -0.05) is 0 Å². The summed E-state index contributed by atoms with van der Waals surface area (Å²) in [5.41, 5.74) is 0.572. The molecule has 5 nitrogen and oxygen atoms in total. The van der Waals surface area contributed by atoms with Gasteiger partial charge < -0.3 is 10.0 Å². The van der Waals surface area contributed by atoms with Gasteiger partial charge in [0.05, 0.1) is 24.6 Å². The molecule has 1 aromatic rings. The Morgan fingerprint density at radius 1 is 1.75 bits per heavy atom. The monoisotopic (exact) mass is 239 g/mol. The van der Waals surface area contributed by atoms with Gasteiger partial charge in [0.1, 0.15) is 0 Å². The molecule has 0 amide bonds. The molecule has 0 aliphatic carbocycles. The lowest BCUT2D eigenvalue weighted by Crippen LogP contribution is -2.23. The zero-order valence-electron chi connectivity index (χ0n) is 9.01. The molecule has 1 heterocycles. The molecule has 86 valence electrons. The van der Waals surface area contributed by atoms with Crippen LogP contribution in [0.25, 0.3) is 0 Å². The molecule has 0 aromatic carbocycles. The second-order valence-electron chi connectivity index (χ2n) is 3.18. The van der Waals surface area contributed by atoms with Gasteiger partial charge in [-0.3, -0.25) is 4.79 Å². The lowest BCUT2D eigenvalue weighted by Gasteiger charge is -2.17. The van der Waals surface area contributed by atoms with E-state index in [2.05, 4.69) is 11.1 Å². The van der Waals surface area contributed by atoms with Gasteiger partial charge in [-0.2, -0.15) is 5.26 Å². The largest absolute Gasteiger partial charge is 0.481 e. The van der Waals surface area contributed by atoms with Crippen molar-refractivity contribution in [2.75, 3.05) is 18.0 Å². The topological polar surface area (TPSA) is 77.2 Å². The molecule has 0 fully saturated rings. The zero-order chi connectivity index (χ0) is 12.0. The number of rotatable bonds is 6. The van der Waals surface area contributed by atoms with Crippen molar-refractivity contribution in [2.24, 2.45) is 0 Å². The number of carboxylic acids is 1. The molecule has 1 N–H and O–H groups in total. The summed E-state index contributed by atoms with van der Waals surface area (Å²) in [6, 6.07) is 2.08. The van der Waals surface area contributed by atoms with E-state index in [0.717, 1.165) is 11.7 Å². The molecule has 0 bridgehead atoms. The van der Waals surface area contributed by atoms with Crippen LogP contribution in [-0.2, 0) is 11.2 Å². The molecule has 0 radical (unpaired) electrons. The third kappa shape index (κ3) is 3.51. The van der Waals surface area contributed by atoms with Gasteiger partial charge in [-0.05, 0) is 6.92 Å². The number of aliphatic carboxylic acids is 1. The van der Waals surface area contributed by atoms with Crippen molar-refractivity contribution in [1.82, 2.24) is 4.98 Å². The second-order valence-corrected chi connectivity index (χ2v) is 4.02. The van der Waals surface area contributed by atoms with Crippen LogP contribution < -0.4 is 4.90 Å². The Morgan fingerprint density at radius 2 is 2.50 bits per heavy atom. The SMILES string of the molecule is CCN(CCC#N)c1nc(CC(=O)O)cs1. The molecule has 0 atom stereocenters. The number of aromatic nitrogens is 1. The molecular weight excluding hydrogens is 226 g/mol. The van der Waals surface area contributed by atoms with Crippen LogP contribution in [0.2, 0.25) is 0 Å². The Bertz CT molecular complexity index is 397. The van der Waals surface area contributed by atoms with Crippen molar-refractivity contribution < 1.29 is 9.90 Å². The number of carbonyl (C=O) groups is 1. The Labute approximate surface area is 98.0 Å². The maximum atomic E-state index is 10.5. The van der Waals surface area contributed by atoms with Crippen molar-refractivity contribution in [3.05, 3.63) is 11.1 Å². The highest BCUT2D eigenvalue weighted by Gasteiger charge is 2.10. The highest BCUT2D eigenvalue weighted by Crippen LogP contribution is 2.20. The molecule has 6 heteroatoms. The Hall–Kier alpha value is -1.61. The van der Waals surface area contributed by atoms with Crippen LogP contribution in [0, 0.1) is 11.3 Å². The molecule has 1 rings (SSSR count). The number of carboxylic acid groups (broad SMARTS) is 1. The third-order valence-corrected chi connectivity index (χ3v) is 2.97. The van der Waals surface area contributed by atoms with Gasteiger partial charge in [0.25, 0.3) is 0 Å². The van der Waals surface area contributed by atoms with E-state index < -0.39 is 5.97 Å². The Balaban J connectivity index is 2.67. The highest BCUT2D eigenvalue weighted by molar-refractivity contribution is 7.13. The first-order valence-electron chi connectivity index (χ1n) is 4.95. The first kappa shape index (κ1) is 12.5. The van der Waals surface area contributed by atoms with E-state index in [1.165, 1.54) is 11.3 Å². The van der Waals surface area contributed by atoms with Crippen molar-refractivity contribution >= 4 is 22.4 Å². The number of nitrogens with zero attached hydrogens (tertiary/aromatic N) is 3. The summed E-state index contributed by atoms with van der Waals surface area (Å²) >= 11 is 1.42. The first-order valence-corrected chi connectivity index (χ1v) is 5.83. The van der Waals surface area contributed by atoms with Gasteiger partial charge in [-0.15, -0.1) is 11.3 Å². The maximum absolute atomic E-state index is 10.5. The first-order chi connectivity index (χ1) is 7.67. The standard InChI is InChI=1S/C10H13N3O2S/c1-2-13(5-3-4-11)10-12-8(7-16-10)6-9(14)15/h7H,2-3,5-6H2,1H3,(H,14,15). The van der Waals surface area contributed by atoms with Crippen LogP contribution in [0.3, 0.4) is 0 Å². The van der Waals surface area contributed by atoms with Gasteiger partial charge in [0.15, 0.2) is 5.13 Å². The van der Waals surface area contributed by atoms with Gasteiger partial charge >= 0.3 is 5.97 Å². The molecule has 0 aliphatic rings. The summed E-state index contributed by atoms with van der Waals surface area (Å²) in [6.45, 7) is 3.38. The quantitative estimate of drug-likeness (QED) is 0.814. The lowest BCUT2D eigenvalue weighted by molar-refractivity contribution is -0.136. The smallest absolute Gasteiger partial charge is 0.309 e. The van der Waals surface area contributed by atoms with E-state index in [1.54, 1.807) is 5.38 Å². The van der Waals surface area contributed by atoms with Crippen molar-refractivity contribution in [1.29, 1.82) is 5.26 Å². The minimum absolute atomic E-state index is 0.0493. The number of nitriles is 1. The Morgan fingerprint density at radius 3 is 3.06 bits per heavy atom. The number of hydrogen-bond donors (Lipinski definition) is 1. The van der Waals surface area contributed by atoms with E-state index in [0.29, 0.717) is 18.7 Å². The van der Waals surface area contributed by atoms with Crippen LogP contribution in [0.1, 0.15) is 19.0 Å².